The van der Waals surface area contributed by atoms with Crippen LogP contribution in [0.4, 0.5) is 5.69 Å². The largest absolute Gasteiger partial charge is 0.493 e. The number of benzene rings is 2. The highest BCUT2D eigenvalue weighted by atomic mass is 16.5. The number of pyridine rings is 1. The van der Waals surface area contributed by atoms with Crippen LogP contribution in [0.5, 0.6) is 5.75 Å². The number of amides is 2. The molecule has 160 valence electrons. The molecule has 2 amide bonds. The summed E-state index contributed by atoms with van der Waals surface area (Å²) in [7, 11) is 0. The van der Waals surface area contributed by atoms with Crippen LogP contribution < -0.4 is 15.4 Å². The van der Waals surface area contributed by atoms with Crippen LogP contribution in [-0.4, -0.2) is 42.0 Å². The van der Waals surface area contributed by atoms with Gasteiger partial charge in [0.2, 0.25) is 0 Å². The number of hydrogen-bond donors (Lipinski definition) is 2. The van der Waals surface area contributed by atoms with Crippen LogP contribution in [0.3, 0.4) is 0 Å². The third-order valence-corrected chi connectivity index (χ3v) is 4.41. The van der Waals surface area contributed by atoms with Gasteiger partial charge in [0.05, 0.1) is 23.4 Å². The Morgan fingerprint density at radius 2 is 1.84 bits per heavy atom. The molecular formula is C23H23N3O5. The first-order valence-corrected chi connectivity index (χ1v) is 9.83. The number of carbonyl (C=O) groups is 3. The highest BCUT2D eigenvalue weighted by Gasteiger charge is 2.20. The predicted octanol–water partition coefficient (Wildman–Crippen LogP) is 2.93. The van der Waals surface area contributed by atoms with Crippen LogP contribution in [0, 0.1) is 0 Å². The van der Waals surface area contributed by atoms with E-state index >= 15 is 0 Å². The number of nitrogens with zero attached hydrogens (tertiary/aromatic N) is 1. The zero-order chi connectivity index (χ0) is 22.2. The van der Waals surface area contributed by atoms with Crippen molar-refractivity contribution >= 4 is 34.4 Å². The smallest absolute Gasteiger partial charge is 0.326 e. The van der Waals surface area contributed by atoms with Gasteiger partial charge in [-0.15, -0.1) is 0 Å². The van der Waals surface area contributed by atoms with Crippen molar-refractivity contribution in [2.24, 2.45) is 0 Å². The molecule has 1 heterocycles. The lowest BCUT2D eigenvalue weighted by Crippen LogP contribution is -2.36. The molecule has 0 bridgehead atoms. The molecule has 0 radical (unpaired) electrons. The van der Waals surface area contributed by atoms with E-state index in [1.807, 2.05) is 19.1 Å². The van der Waals surface area contributed by atoms with Crippen molar-refractivity contribution in [1.82, 2.24) is 10.3 Å². The standard InChI is InChI=1S/C23H23N3O5/c1-3-30-20-12-5-4-8-17(20)23(29)25-14-21(27)31-15(2)22(28)26-19-11-6-10-18-16(19)9-7-13-24-18/h4-13,15H,3,14H2,1-2H3,(H,25,29)(H,26,28). The molecule has 2 aromatic carbocycles. The van der Waals surface area contributed by atoms with Gasteiger partial charge in [-0.25, -0.2) is 0 Å². The highest BCUT2D eigenvalue weighted by Crippen LogP contribution is 2.21. The van der Waals surface area contributed by atoms with Gasteiger partial charge in [0.1, 0.15) is 12.3 Å². The Hall–Kier alpha value is -3.94. The second-order valence-electron chi connectivity index (χ2n) is 6.61. The Labute approximate surface area is 179 Å². The van der Waals surface area contributed by atoms with E-state index in [1.54, 1.807) is 48.7 Å². The Morgan fingerprint density at radius 3 is 2.65 bits per heavy atom. The van der Waals surface area contributed by atoms with Crippen molar-refractivity contribution in [3.05, 3.63) is 66.4 Å². The Bertz CT molecular complexity index is 1090. The summed E-state index contributed by atoms with van der Waals surface area (Å²) in [5, 5.41) is 6.00. The normalized spacial score (nSPS) is 11.4. The minimum atomic E-state index is -1.05. The molecular weight excluding hydrogens is 398 g/mol. The molecule has 0 saturated carbocycles. The minimum absolute atomic E-state index is 0.313. The molecule has 0 fully saturated rings. The first-order valence-electron chi connectivity index (χ1n) is 9.83. The summed E-state index contributed by atoms with van der Waals surface area (Å²) >= 11 is 0. The van der Waals surface area contributed by atoms with E-state index in [4.69, 9.17) is 9.47 Å². The lowest BCUT2D eigenvalue weighted by molar-refractivity contribution is -0.152. The number of para-hydroxylation sites is 1. The fourth-order valence-corrected chi connectivity index (χ4v) is 2.92. The van der Waals surface area contributed by atoms with E-state index in [2.05, 4.69) is 15.6 Å². The highest BCUT2D eigenvalue weighted by molar-refractivity contribution is 6.03. The van der Waals surface area contributed by atoms with E-state index in [9.17, 15) is 14.4 Å². The molecule has 3 rings (SSSR count). The second-order valence-corrected chi connectivity index (χ2v) is 6.61. The van der Waals surface area contributed by atoms with E-state index in [0.717, 1.165) is 10.9 Å². The SMILES string of the molecule is CCOc1ccccc1C(=O)NCC(=O)OC(C)C(=O)Nc1cccc2ncccc12. The fraction of sp³-hybridized carbons (Fsp3) is 0.217. The summed E-state index contributed by atoms with van der Waals surface area (Å²) in [5.74, 6) is -1.27. The van der Waals surface area contributed by atoms with Crippen molar-refractivity contribution < 1.29 is 23.9 Å². The average molecular weight is 421 g/mol. The van der Waals surface area contributed by atoms with Gasteiger partial charge in [0, 0.05) is 11.6 Å². The minimum Gasteiger partial charge on any atom is -0.493 e. The van der Waals surface area contributed by atoms with Crippen LogP contribution in [0.15, 0.2) is 60.8 Å². The van der Waals surface area contributed by atoms with Gasteiger partial charge in [-0.2, -0.15) is 0 Å². The van der Waals surface area contributed by atoms with Crippen LogP contribution in [0.1, 0.15) is 24.2 Å². The van der Waals surface area contributed by atoms with Gasteiger partial charge in [-0.3, -0.25) is 19.4 Å². The molecule has 31 heavy (non-hydrogen) atoms. The summed E-state index contributed by atoms with van der Waals surface area (Å²) in [6.45, 7) is 3.30. The molecule has 0 aliphatic rings. The Balaban J connectivity index is 1.54. The van der Waals surface area contributed by atoms with Crippen molar-refractivity contribution in [2.75, 3.05) is 18.5 Å². The maximum absolute atomic E-state index is 12.5. The third kappa shape index (κ3) is 5.57. The second kappa shape index (κ2) is 10.2. The average Bonchev–Trinajstić information content (AvgIpc) is 2.78. The predicted molar refractivity (Wildman–Crippen MR) is 116 cm³/mol. The molecule has 8 nitrogen and oxygen atoms in total. The van der Waals surface area contributed by atoms with Crippen LogP contribution in [0.2, 0.25) is 0 Å². The molecule has 1 atom stereocenters. The molecule has 3 aromatic rings. The van der Waals surface area contributed by atoms with Gasteiger partial charge >= 0.3 is 5.97 Å². The maximum atomic E-state index is 12.5. The van der Waals surface area contributed by atoms with Gasteiger partial charge in [0.25, 0.3) is 11.8 Å². The number of fused-ring (bicyclic) bond motifs is 1. The lowest BCUT2D eigenvalue weighted by atomic mass is 10.2. The monoisotopic (exact) mass is 421 g/mol. The number of carbonyl (C=O) groups excluding carboxylic acids is 3. The molecule has 8 heteroatoms. The molecule has 0 saturated heterocycles. The first-order chi connectivity index (χ1) is 15.0. The molecule has 0 aliphatic heterocycles. The molecule has 1 unspecified atom stereocenters. The summed E-state index contributed by atoms with van der Waals surface area (Å²) in [6.07, 6.45) is 0.617. The van der Waals surface area contributed by atoms with Crippen LogP contribution in [-0.2, 0) is 14.3 Å². The molecule has 0 spiro atoms. The van der Waals surface area contributed by atoms with Gasteiger partial charge in [-0.05, 0) is 50.2 Å². The number of ether oxygens (including phenoxy) is 2. The zero-order valence-corrected chi connectivity index (χ0v) is 17.3. The summed E-state index contributed by atoms with van der Waals surface area (Å²) in [6, 6.07) is 15.7. The fourth-order valence-electron chi connectivity index (χ4n) is 2.92. The molecule has 2 N–H and O–H groups in total. The van der Waals surface area contributed by atoms with E-state index in [1.165, 1.54) is 6.92 Å². The van der Waals surface area contributed by atoms with Gasteiger partial charge in [0.15, 0.2) is 6.10 Å². The Morgan fingerprint density at radius 1 is 1.03 bits per heavy atom. The van der Waals surface area contributed by atoms with Crippen molar-refractivity contribution in [3.63, 3.8) is 0 Å². The number of anilines is 1. The number of esters is 1. The number of hydrogen-bond acceptors (Lipinski definition) is 6. The Kier molecular flexibility index (Phi) is 7.16. The molecule has 1 aromatic heterocycles. The number of nitrogens with one attached hydrogen (secondary N) is 2. The van der Waals surface area contributed by atoms with Crippen LogP contribution >= 0.6 is 0 Å². The summed E-state index contributed by atoms with van der Waals surface area (Å²) in [5.41, 5.74) is 1.62. The first kappa shape index (κ1) is 21.8. The number of rotatable bonds is 8. The summed E-state index contributed by atoms with van der Waals surface area (Å²) < 4.78 is 10.6. The van der Waals surface area contributed by atoms with E-state index in [-0.39, 0.29) is 6.54 Å². The van der Waals surface area contributed by atoms with Crippen LogP contribution in [0.25, 0.3) is 10.9 Å². The quantitative estimate of drug-likeness (QED) is 0.542. The lowest BCUT2D eigenvalue weighted by Gasteiger charge is -2.15. The topological polar surface area (TPSA) is 107 Å². The van der Waals surface area contributed by atoms with Crippen molar-refractivity contribution in [1.29, 1.82) is 0 Å². The van der Waals surface area contributed by atoms with E-state index in [0.29, 0.717) is 23.6 Å². The maximum Gasteiger partial charge on any atom is 0.326 e. The van der Waals surface area contributed by atoms with Gasteiger partial charge < -0.3 is 20.1 Å². The summed E-state index contributed by atoms with van der Waals surface area (Å²) in [4.78, 5) is 41.2. The molecule has 0 aliphatic carbocycles. The zero-order valence-electron chi connectivity index (χ0n) is 17.3. The number of aromatic nitrogens is 1. The van der Waals surface area contributed by atoms with E-state index < -0.39 is 23.9 Å². The van der Waals surface area contributed by atoms with Crippen molar-refractivity contribution in [2.45, 2.75) is 20.0 Å². The van der Waals surface area contributed by atoms with Gasteiger partial charge in [-0.1, -0.05) is 18.2 Å². The van der Waals surface area contributed by atoms with Crippen molar-refractivity contribution in [3.8, 4) is 5.75 Å². The third-order valence-electron chi connectivity index (χ3n) is 4.41.